The van der Waals surface area contributed by atoms with Gasteiger partial charge in [0.2, 0.25) is 11.6 Å². The molecule has 0 spiro atoms. The third-order valence-electron chi connectivity index (χ3n) is 29.8. The second-order valence-electron chi connectivity index (χ2n) is 41.0. The van der Waals surface area contributed by atoms with Crippen LogP contribution in [-0.2, 0) is 104 Å². The molecule has 8 rings (SSSR count). The van der Waals surface area contributed by atoms with Crippen LogP contribution < -0.4 is 11.1 Å². The molecule has 2 amide bonds. The minimum Gasteiger partial charge on any atom is -0.460 e. The molecule has 8 aliphatic rings. The molecule has 0 aromatic heterocycles. The smallest absolute Gasteiger partial charge is 0.350 e. The van der Waals surface area contributed by atoms with Crippen LogP contribution in [-0.4, -0.2) is 284 Å². The van der Waals surface area contributed by atoms with Gasteiger partial charge in [0.05, 0.1) is 42.7 Å². The number of nitrogens with two attached hydrogens (primary N) is 1. The molecule has 4 saturated heterocycles. The molecule has 0 aromatic rings. The highest BCUT2D eigenvalue weighted by Crippen LogP contribution is 2.42. The summed E-state index contributed by atoms with van der Waals surface area (Å²) in [6, 6.07) is -2.25. The van der Waals surface area contributed by atoms with E-state index in [1.54, 1.807) is 95.5 Å². The van der Waals surface area contributed by atoms with Gasteiger partial charge >= 0.3 is 27.5 Å². The molecule has 4 bridgehead atoms. The highest BCUT2D eigenvalue weighted by molar-refractivity contribution is 7.43. The van der Waals surface area contributed by atoms with E-state index in [2.05, 4.69) is 5.32 Å². The lowest BCUT2D eigenvalue weighted by molar-refractivity contribution is -0.265. The van der Waals surface area contributed by atoms with Gasteiger partial charge in [-0.2, -0.15) is 0 Å². The quantitative estimate of drug-likeness (QED) is 0.0326. The van der Waals surface area contributed by atoms with Crippen molar-refractivity contribution in [1.29, 1.82) is 0 Å². The number of aliphatic hydroxyl groups excluding tert-OH is 3. The zero-order valence-corrected chi connectivity index (χ0v) is 90.8. The van der Waals surface area contributed by atoms with E-state index in [9.17, 15) is 82.6 Å². The summed E-state index contributed by atoms with van der Waals surface area (Å²) in [6.07, 6.45) is 24.4. The van der Waals surface area contributed by atoms with Gasteiger partial charge < -0.3 is 82.7 Å². The van der Waals surface area contributed by atoms with Crippen molar-refractivity contribution in [2.75, 3.05) is 81.6 Å². The second-order valence-corrected chi connectivity index (χ2v) is 44.2. The molecule has 6 fully saturated rings. The maximum absolute atomic E-state index is 14.5. The monoisotopic (exact) mass is 2040 g/mol. The molecular formula is C109H180N4O27P2+2. The van der Waals surface area contributed by atoms with Crippen molar-refractivity contribution >= 4 is 74.1 Å². The Hall–Kier alpha value is -6.58. The normalized spacial score (nSPS) is 36.7. The van der Waals surface area contributed by atoms with Gasteiger partial charge in [-0.3, -0.25) is 49.4 Å². The number of allylic oxidation sites excluding steroid dienone is 12. The van der Waals surface area contributed by atoms with E-state index >= 15 is 0 Å². The van der Waals surface area contributed by atoms with Crippen molar-refractivity contribution in [2.24, 2.45) is 76.7 Å². The molecule has 32 atom stereocenters. The number of cyclic esters (lactones) is 2. The van der Waals surface area contributed by atoms with Crippen LogP contribution in [0.1, 0.15) is 272 Å². The van der Waals surface area contributed by atoms with E-state index in [1.165, 1.54) is 24.0 Å². The molecule has 806 valence electrons. The fourth-order valence-electron chi connectivity index (χ4n) is 20.7. The van der Waals surface area contributed by atoms with Crippen LogP contribution in [0.3, 0.4) is 0 Å². The van der Waals surface area contributed by atoms with Crippen LogP contribution in [0.5, 0.6) is 0 Å². The van der Waals surface area contributed by atoms with E-state index in [0.29, 0.717) is 133 Å². The van der Waals surface area contributed by atoms with Gasteiger partial charge in [-0.25, -0.2) is 9.59 Å². The fraction of sp³-hybridized carbons (Fsp3) is 0.761. The van der Waals surface area contributed by atoms with Crippen molar-refractivity contribution in [2.45, 2.75) is 381 Å². The van der Waals surface area contributed by atoms with Crippen molar-refractivity contribution < 1.29 is 130 Å². The lowest BCUT2D eigenvalue weighted by atomic mass is 9.77. The summed E-state index contributed by atoms with van der Waals surface area (Å²) in [6.45, 7) is 32.8. The molecular weight excluding hydrogens is 1860 g/mol. The second kappa shape index (κ2) is 63.3. The largest absolute Gasteiger partial charge is 0.460 e. The molecule has 8 N–H and O–H groups in total. The number of hydrogen-bond acceptors (Lipinski definition) is 29. The number of amides is 2. The number of methoxy groups -OCH3 is 6. The summed E-state index contributed by atoms with van der Waals surface area (Å²) < 4.78 is 80.9. The fourth-order valence-corrected chi connectivity index (χ4v) is 21.2. The maximum Gasteiger partial charge on any atom is 0.350 e. The van der Waals surface area contributed by atoms with Crippen LogP contribution in [0, 0.1) is 71.0 Å². The van der Waals surface area contributed by atoms with Gasteiger partial charge in [-0.1, -0.05) is 173 Å². The van der Waals surface area contributed by atoms with Crippen molar-refractivity contribution in [3.63, 3.8) is 0 Å². The Labute approximate surface area is 849 Å². The van der Waals surface area contributed by atoms with Crippen molar-refractivity contribution in [1.82, 2.24) is 15.1 Å². The van der Waals surface area contributed by atoms with E-state index < -0.39 is 177 Å². The van der Waals surface area contributed by atoms with Crippen LogP contribution in [0.15, 0.2) is 95.2 Å². The molecule has 2 saturated carbocycles. The number of hydrogen-bond donors (Lipinski definition) is 7. The summed E-state index contributed by atoms with van der Waals surface area (Å²) in [5.41, 5.74) is 7.42. The third-order valence-corrected chi connectivity index (χ3v) is 31.0. The predicted octanol–water partition coefficient (Wildman–Crippen LogP) is 15.4. The van der Waals surface area contributed by atoms with E-state index in [0.717, 1.165) is 30.4 Å². The SMILES string of the molecule is C.CC.CO[C@H]1C[C@@H]2CC[C@@H](C)[C@@](O)(O2)C(=O)C(=O)N2CCCC[C@H]2C(=O)OC([C@H](C)C[C@@H]2CCC(NC[P+](C)=O)[C@H](OC)C2)CC(=O)[C@H](C)/C=C(\C)[C@@H](O)[C@@H](OC)C(=O)[C@H](C)C[C@H](C)/C=C/C=CC=C1C.CO[C@H]1C[C@@H]2CC[C@@H](C)[C@@](O)(O2)C(=O)C(=O)N2CCCC[C@H]2C(=O)OC([C@H](C)C[C@@H]2CCC(O)[C@H](OC)C2)CC(=O)[C@H](C)/C=C(\C)[C@@H](O)[C@@H](OC)C(=O)[C@H](C)C[C@H](C)/C=C/C=CC=C1C.C[P+](=O)CN. The number of ketones is 6. The molecule has 2 aliphatic carbocycles. The van der Waals surface area contributed by atoms with Crippen LogP contribution in [0.4, 0.5) is 0 Å². The number of ether oxygens (including phenoxy) is 10. The minimum absolute atomic E-state index is 0. The van der Waals surface area contributed by atoms with Gasteiger partial charge in [0.25, 0.3) is 23.4 Å². The first-order chi connectivity index (χ1) is 66.7. The predicted molar refractivity (Wildman–Crippen MR) is 550 cm³/mol. The number of fused-ring (bicyclic) bond motifs is 6. The van der Waals surface area contributed by atoms with E-state index in [1.807, 2.05) is 130 Å². The third kappa shape index (κ3) is 37.9. The first kappa shape index (κ1) is 128. The standard InChI is InChI=1S/C53H84N2O13P.C51H79NO13.C2H7NOP.C2H6.CH4/c1-32-17-13-12-14-18-33(2)44(64-8)29-40-22-20-38(7)53(62,68-40)50(59)51(60)55-24-16-15-19-42(55)52(61)67-45(35(4)27-39-21-23-41(46(28-39)65-9)54-31-69(11)63)30-43(56)34(3)26-37(6)48(58)49(66-10)47(57)36(5)25-32;1-30-16-12-11-13-17-31(2)42(61-8)28-38-21-19-36(7)51(60,65-38)48(57)49(58)52-23-15-14-18-39(52)50(59)64-43(33(4)26-37-20-22-40(53)44(27-37)62-9)29-41(54)32(3)25-35(6)46(56)47(63-10)45(55)34(5)24-30;1-5(4)2-3;1-2;/h12-14,17-18,26,32,34-36,38-42,44-46,48-49,54,58,62H,15-16,19-25,27-31H2,1-11H3;11-13,16-17,25,30,32-34,36-40,42-44,46-47,53,56,60H,14-15,18-24,26-29H2,1-10H3;2-3H2,1H3;1-2H3;1H4/q+1;;+1;;/b14-12?,17-13+,33-18?,37-26+;13-11?,16-12+,31-17?,35-25+;;;/t32-,34-,35-,36-,38-,39+,40+,41?,42+,44+,45?,46-,48-,49+,53-;30-,32-,33-,34-,36-,37+,38+,39+,40?,42+,43?,44-,46-,47+,51-;;;/m11.../s1. The number of carbonyl (C=O) groups excluding carboxylic acids is 10. The van der Waals surface area contributed by atoms with Gasteiger partial charge in [-0.05, 0) is 214 Å². The Kier molecular flexibility index (Phi) is 56.9. The van der Waals surface area contributed by atoms with Crippen molar-refractivity contribution in [3.8, 4) is 0 Å². The Morgan fingerprint density at radius 2 is 0.859 bits per heavy atom. The zero-order valence-electron chi connectivity index (χ0n) is 89.0. The molecule has 6 unspecified atom stereocenters. The highest BCUT2D eigenvalue weighted by Gasteiger charge is 2.56. The number of aliphatic hydroxyl groups is 5. The van der Waals surface area contributed by atoms with E-state index in [-0.39, 0.29) is 123 Å². The number of nitrogens with one attached hydrogen (secondary N) is 1. The van der Waals surface area contributed by atoms with E-state index in [4.69, 9.17) is 53.1 Å². The highest BCUT2D eigenvalue weighted by atomic mass is 31.1. The number of Topliss-reactive ketones (excluding diaryl/α,β-unsaturated/α-hetero) is 6. The van der Waals surface area contributed by atoms with Gasteiger partial charge in [0.1, 0.15) is 73.6 Å². The number of rotatable bonds is 16. The van der Waals surface area contributed by atoms with Crippen LogP contribution in [0.2, 0.25) is 0 Å². The molecule has 0 radical (unpaired) electrons. The zero-order chi connectivity index (χ0) is 106. The van der Waals surface area contributed by atoms with Crippen LogP contribution >= 0.6 is 15.6 Å². The van der Waals surface area contributed by atoms with Gasteiger partial charge in [-0.15, -0.1) is 0 Å². The van der Waals surface area contributed by atoms with Gasteiger partial charge in [0.15, 0.2) is 24.1 Å². The number of nitrogens with zero attached hydrogens (tertiary/aromatic N) is 2. The Balaban J connectivity index is 0.000000553. The molecule has 31 nitrogen and oxygen atoms in total. The minimum atomic E-state index is -2.43. The Morgan fingerprint density at radius 3 is 1.22 bits per heavy atom. The number of carbonyl (C=O) groups is 10. The summed E-state index contributed by atoms with van der Waals surface area (Å²) in [4.78, 5) is 144. The lowest BCUT2D eigenvalue weighted by Crippen LogP contribution is -2.61. The van der Waals surface area contributed by atoms with Gasteiger partial charge in [0, 0.05) is 123 Å². The first-order valence-corrected chi connectivity index (χ1v) is 55.3. The molecule has 33 heteroatoms. The molecule has 142 heavy (non-hydrogen) atoms. The Bertz CT molecular complexity index is 4320. The topological polar surface area (TPSA) is 443 Å². The number of esters is 2. The lowest BCUT2D eigenvalue weighted by Gasteiger charge is -2.42. The summed E-state index contributed by atoms with van der Waals surface area (Å²) in [5.74, 6) is -15.9. The number of piperidine rings is 2. The van der Waals surface area contributed by atoms with Crippen LogP contribution in [0.25, 0.3) is 0 Å². The Morgan fingerprint density at radius 1 is 0.479 bits per heavy atom. The molecule has 6 heterocycles. The summed E-state index contributed by atoms with van der Waals surface area (Å²) in [5, 5.41) is 60.7. The summed E-state index contributed by atoms with van der Waals surface area (Å²) in [7, 11) is 6.70. The first-order valence-electron chi connectivity index (χ1n) is 51.5. The summed E-state index contributed by atoms with van der Waals surface area (Å²) >= 11 is 0. The van der Waals surface area contributed by atoms with Crippen molar-refractivity contribution in [3.05, 3.63) is 95.2 Å². The molecule has 0 aromatic carbocycles. The maximum atomic E-state index is 14.5. The molecule has 6 aliphatic heterocycles. The average Bonchev–Trinajstić information content (AvgIpc) is 0.773. The average molecular weight is 2040 g/mol.